The van der Waals surface area contributed by atoms with Gasteiger partial charge in [0.2, 0.25) is 10.0 Å². The molecule has 20 heavy (non-hydrogen) atoms. The molecule has 3 N–H and O–H groups in total. The van der Waals surface area contributed by atoms with E-state index in [-0.39, 0.29) is 10.2 Å². The molecule has 2 aliphatic rings. The van der Waals surface area contributed by atoms with Gasteiger partial charge in [0.15, 0.2) is 0 Å². The topological polar surface area (TPSA) is 81.4 Å². The average molecular weight is 320 g/mol. The van der Waals surface area contributed by atoms with Crippen molar-refractivity contribution in [2.45, 2.75) is 62.2 Å². The minimum absolute atomic E-state index is 0.287. The number of thiocarbonyl (C=S) groups is 1. The first-order chi connectivity index (χ1) is 9.46. The summed E-state index contributed by atoms with van der Waals surface area (Å²) in [6.45, 7) is 1.01. The van der Waals surface area contributed by atoms with Crippen LogP contribution in [0.4, 0.5) is 0 Å². The van der Waals surface area contributed by atoms with Crippen molar-refractivity contribution in [3.8, 4) is 0 Å². The number of ether oxygens (including phenoxy) is 1. The maximum Gasteiger partial charge on any atom is 0.215 e. The monoisotopic (exact) mass is 320 g/mol. The summed E-state index contributed by atoms with van der Waals surface area (Å²) in [6.07, 6.45) is 6.68. The molecule has 0 aromatic rings. The van der Waals surface area contributed by atoms with Gasteiger partial charge in [0.05, 0.1) is 15.8 Å². The summed E-state index contributed by atoms with van der Waals surface area (Å²) in [6, 6.07) is 0. The van der Waals surface area contributed by atoms with Crippen LogP contribution in [0.1, 0.15) is 51.4 Å². The second kappa shape index (κ2) is 6.68. The fourth-order valence-corrected chi connectivity index (χ4v) is 5.23. The molecule has 2 rings (SSSR count). The molecule has 7 heteroatoms. The largest absolute Gasteiger partial charge is 0.392 e. The van der Waals surface area contributed by atoms with Crippen LogP contribution in [-0.4, -0.2) is 37.4 Å². The second-order valence-electron chi connectivity index (χ2n) is 5.82. The summed E-state index contributed by atoms with van der Waals surface area (Å²) < 4.78 is 33.3. The molecule has 0 bridgehead atoms. The third kappa shape index (κ3) is 3.69. The van der Waals surface area contributed by atoms with Gasteiger partial charge in [0, 0.05) is 13.2 Å². The number of nitrogens with two attached hydrogens (primary N) is 1. The van der Waals surface area contributed by atoms with E-state index in [1.54, 1.807) is 0 Å². The number of sulfonamides is 1. The molecular weight excluding hydrogens is 296 g/mol. The molecule has 1 aliphatic heterocycles. The van der Waals surface area contributed by atoms with Crippen molar-refractivity contribution in [1.82, 2.24) is 4.72 Å². The van der Waals surface area contributed by atoms with Crippen molar-refractivity contribution in [1.29, 1.82) is 0 Å². The molecule has 0 spiro atoms. The summed E-state index contributed by atoms with van der Waals surface area (Å²) in [7, 11) is -3.40. The lowest BCUT2D eigenvalue weighted by molar-refractivity contribution is 0.0980. The van der Waals surface area contributed by atoms with Crippen molar-refractivity contribution < 1.29 is 13.2 Å². The minimum atomic E-state index is -3.40. The summed E-state index contributed by atoms with van der Waals surface area (Å²) in [5.41, 5.74) is 5.17. The van der Waals surface area contributed by atoms with Crippen LogP contribution in [0.5, 0.6) is 0 Å². The Morgan fingerprint density at radius 2 is 1.70 bits per heavy atom. The Balaban J connectivity index is 2.16. The van der Waals surface area contributed by atoms with Crippen LogP contribution in [0.15, 0.2) is 0 Å². The van der Waals surface area contributed by atoms with Gasteiger partial charge in [-0.15, -0.1) is 0 Å². The summed E-state index contributed by atoms with van der Waals surface area (Å²) >= 11 is 5.18. The highest BCUT2D eigenvalue weighted by Gasteiger charge is 2.40. The zero-order chi connectivity index (χ0) is 14.6. The number of hydrogen-bond donors (Lipinski definition) is 2. The van der Waals surface area contributed by atoms with E-state index in [1.165, 1.54) is 0 Å². The van der Waals surface area contributed by atoms with Crippen LogP contribution in [0, 0.1) is 0 Å². The first-order valence-electron chi connectivity index (χ1n) is 7.37. The van der Waals surface area contributed by atoms with E-state index < -0.39 is 15.6 Å². The molecule has 0 aromatic heterocycles. The number of rotatable bonds is 4. The first kappa shape index (κ1) is 16.1. The Labute approximate surface area is 126 Å². The van der Waals surface area contributed by atoms with Crippen LogP contribution in [-0.2, 0) is 14.8 Å². The molecule has 1 saturated carbocycles. The quantitative estimate of drug-likeness (QED) is 0.605. The van der Waals surface area contributed by atoms with Crippen LogP contribution in [0.25, 0.3) is 0 Å². The van der Waals surface area contributed by atoms with Crippen LogP contribution in [0.2, 0.25) is 0 Å². The summed E-state index contributed by atoms with van der Waals surface area (Å²) in [5.74, 6) is 0. The Morgan fingerprint density at radius 1 is 1.15 bits per heavy atom. The van der Waals surface area contributed by atoms with E-state index in [0.717, 1.165) is 25.7 Å². The van der Waals surface area contributed by atoms with Gasteiger partial charge < -0.3 is 10.5 Å². The lowest BCUT2D eigenvalue weighted by Gasteiger charge is -2.35. The SMILES string of the molecule is NC(=S)C1(NS(=O)(=O)C2CCOCC2)CCCCCC1. The highest BCUT2D eigenvalue weighted by Crippen LogP contribution is 2.29. The third-order valence-corrected chi connectivity index (χ3v) is 6.79. The fraction of sp³-hybridized carbons (Fsp3) is 0.923. The van der Waals surface area contributed by atoms with Gasteiger partial charge in [-0.05, 0) is 25.7 Å². The highest BCUT2D eigenvalue weighted by atomic mass is 32.2. The molecule has 0 aromatic carbocycles. The molecule has 1 aliphatic carbocycles. The van der Waals surface area contributed by atoms with Gasteiger partial charge in [-0.2, -0.15) is 0 Å². The van der Waals surface area contributed by atoms with Crippen molar-refractivity contribution in [2.24, 2.45) is 5.73 Å². The van der Waals surface area contributed by atoms with E-state index in [4.69, 9.17) is 22.7 Å². The molecule has 2 fully saturated rings. The summed E-state index contributed by atoms with van der Waals surface area (Å²) in [4.78, 5) is 0.287. The highest BCUT2D eigenvalue weighted by molar-refractivity contribution is 7.90. The molecule has 116 valence electrons. The number of nitrogens with one attached hydrogen (secondary N) is 1. The average Bonchev–Trinajstić information content (AvgIpc) is 2.66. The third-order valence-electron chi connectivity index (χ3n) is 4.37. The van der Waals surface area contributed by atoms with Gasteiger partial charge in [-0.1, -0.05) is 37.9 Å². The Morgan fingerprint density at radius 3 is 2.20 bits per heavy atom. The van der Waals surface area contributed by atoms with E-state index in [9.17, 15) is 8.42 Å². The molecular formula is C13H24N2O3S2. The van der Waals surface area contributed by atoms with Gasteiger partial charge in [0.1, 0.15) is 0 Å². The molecule has 1 saturated heterocycles. The van der Waals surface area contributed by atoms with Crippen molar-refractivity contribution >= 4 is 27.2 Å². The van der Waals surface area contributed by atoms with Gasteiger partial charge in [0.25, 0.3) is 0 Å². The Kier molecular flexibility index (Phi) is 5.39. The minimum Gasteiger partial charge on any atom is -0.392 e. The van der Waals surface area contributed by atoms with Crippen LogP contribution < -0.4 is 10.5 Å². The molecule has 1 heterocycles. The smallest absolute Gasteiger partial charge is 0.215 e. The molecule has 0 unspecified atom stereocenters. The fourth-order valence-electron chi connectivity index (χ4n) is 3.07. The lowest BCUT2D eigenvalue weighted by Crippen LogP contribution is -2.58. The van der Waals surface area contributed by atoms with Crippen molar-refractivity contribution in [3.63, 3.8) is 0 Å². The zero-order valence-electron chi connectivity index (χ0n) is 11.8. The van der Waals surface area contributed by atoms with Crippen molar-refractivity contribution in [3.05, 3.63) is 0 Å². The normalized spacial score (nSPS) is 25.0. The van der Waals surface area contributed by atoms with Crippen molar-refractivity contribution in [2.75, 3.05) is 13.2 Å². The Bertz CT molecular complexity index is 437. The maximum absolute atomic E-state index is 12.6. The Hall–Kier alpha value is -0.240. The van der Waals surface area contributed by atoms with E-state index >= 15 is 0 Å². The molecule has 5 nitrogen and oxygen atoms in total. The summed E-state index contributed by atoms with van der Waals surface area (Å²) in [5, 5.41) is -0.384. The molecule has 0 atom stereocenters. The predicted molar refractivity (Wildman–Crippen MR) is 83.1 cm³/mol. The number of hydrogen-bond acceptors (Lipinski definition) is 4. The van der Waals surface area contributed by atoms with E-state index in [0.29, 0.717) is 38.9 Å². The lowest BCUT2D eigenvalue weighted by atomic mass is 9.91. The molecule has 0 radical (unpaired) electrons. The van der Waals surface area contributed by atoms with Gasteiger partial charge >= 0.3 is 0 Å². The maximum atomic E-state index is 12.6. The molecule has 0 amide bonds. The first-order valence-corrected chi connectivity index (χ1v) is 9.32. The van der Waals surface area contributed by atoms with E-state index in [1.807, 2.05) is 0 Å². The van der Waals surface area contributed by atoms with Crippen LogP contribution in [0.3, 0.4) is 0 Å². The van der Waals surface area contributed by atoms with Gasteiger partial charge in [-0.25, -0.2) is 13.1 Å². The standard InChI is InChI=1S/C13H24N2O3S2/c14-12(19)13(7-3-1-2-4-8-13)15-20(16,17)11-5-9-18-10-6-11/h11,15H,1-10H2,(H2,14,19). The predicted octanol–water partition coefficient (Wildman–Crippen LogP) is 1.46. The van der Waals surface area contributed by atoms with Crippen LogP contribution >= 0.6 is 12.2 Å². The second-order valence-corrected chi connectivity index (χ2v) is 8.22. The van der Waals surface area contributed by atoms with E-state index in [2.05, 4.69) is 4.72 Å². The van der Waals surface area contributed by atoms with Gasteiger partial charge in [-0.3, -0.25) is 0 Å². The zero-order valence-corrected chi connectivity index (χ0v) is 13.4.